The second-order valence-electron chi connectivity index (χ2n) is 7.59. The molecule has 1 aliphatic heterocycles. The Morgan fingerprint density at radius 1 is 0.931 bits per heavy atom. The van der Waals surface area contributed by atoms with Crippen LogP contribution >= 0.6 is 0 Å². The number of anilines is 1. The molecule has 1 saturated carbocycles. The highest BCUT2D eigenvalue weighted by atomic mass is 32.2. The van der Waals surface area contributed by atoms with Gasteiger partial charge in [0.25, 0.3) is 0 Å². The molecule has 1 aliphatic carbocycles. The van der Waals surface area contributed by atoms with E-state index in [0.29, 0.717) is 25.1 Å². The average molecular weight is 418 g/mol. The van der Waals surface area contributed by atoms with E-state index in [4.69, 9.17) is 0 Å². The lowest BCUT2D eigenvalue weighted by atomic mass is 10.3. The molecule has 1 saturated heterocycles. The molecule has 3 aromatic rings. The number of hydrogen-bond acceptors (Lipinski definition) is 4. The van der Waals surface area contributed by atoms with Crippen molar-refractivity contribution in [1.29, 1.82) is 0 Å². The summed E-state index contributed by atoms with van der Waals surface area (Å²) in [4.78, 5) is 6.40. The van der Waals surface area contributed by atoms with Crippen LogP contribution in [0.3, 0.4) is 0 Å². The van der Waals surface area contributed by atoms with Gasteiger partial charge in [-0.25, -0.2) is 22.2 Å². The number of benzene rings is 1. The van der Waals surface area contributed by atoms with Crippen molar-refractivity contribution in [2.24, 2.45) is 0 Å². The van der Waals surface area contributed by atoms with Gasteiger partial charge in [0.2, 0.25) is 10.0 Å². The van der Waals surface area contributed by atoms with E-state index in [1.165, 1.54) is 17.1 Å². The summed E-state index contributed by atoms with van der Waals surface area (Å²) < 4.78 is 55.7. The van der Waals surface area contributed by atoms with Crippen LogP contribution in [-0.4, -0.2) is 48.3 Å². The molecule has 2 aliphatic rings. The van der Waals surface area contributed by atoms with Crippen molar-refractivity contribution in [2.45, 2.75) is 23.7 Å². The second kappa shape index (κ2) is 6.77. The fourth-order valence-corrected chi connectivity index (χ4v) is 5.24. The van der Waals surface area contributed by atoms with Gasteiger partial charge in [-0.3, -0.25) is 0 Å². The molecular weight excluding hydrogens is 398 g/mol. The van der Waals surface area contributed by atoms with Crippen molar-refractivity contribution >= 4 is 21.4 Å². The Kier molecular flexibility index (Phi) is 4.32. The maximum Gasteiger partial charge on any atom is 0.243 e. The number of halogens is 2. The predicted molar refractivity (Wildman–Crippen MR) is 104 cm³/mol. The lowest BCUT2D eigenvalue weighted by Gasteiger charge is -2.35. The molecule has 0 amide bonds. The van der Waals surface area contributed by atoms with E-state index >= 15 is 0 Å². The molecule has 2 aromatic heterocycles. The van der Waals surface area contributed by atoms with Crippen LogP contribution in [0.2, 0.25) is 0 Å². The van der Waals surface area contributed by atoms with Gasteiger partial charge >= 0.3 is 0 Å². The molecule has 0 radical (unpaired) electrons. The maximum atomic E-state index is 13.5. The standard InChI is InChI=1S/C20H20F2N4O2S/c21-15-9-16(22)11-18(10-15)29(27,28)26-7-5-24(6-8-26)17-3-4-20-23-19(14-1-2-14)13-25(20)12-17/h3-4,9-14H,1-2,5-8H2. The Morgan fingerprint density at radius 3 is 2.28 bits per heavy atom. The van der Waals surface area contributed by atoms with Crippen molar-refractivity contribution < 1.29 is 17.2 Å². The molecule has 5 rings (SSSR count). The molecule has 0 spiro atoms. The van der Waals surface area contributed by atoms with Crippen molar-refractivity contribution in [3.63, 3.8) is 0 Å². The van der Waals surface area contributed by atoms with Crippen LogP contribution in [0.25, 0.3) is 5.65 Å². The number of hydrogen-bond donors (Lipinski definition) is 0. The Balaban J connectivity index is 1.32. The van der Waals surface area contributed by atoms with Crippen LogP contribution in [0.1, 0.15) is 24.5 Å². The number of pyridine rings is 1. The molecule has 9 heteroatoms. The number of fused-ring (bicyclic) bond motifs is 1. The van der Waals surface area contributed by atoms with Gasteiger partial charge in [0.1, 0.15) is 17.3 Å². The van der Waals surface area contributed by atoms with Crippen LogP contribution in [0.15, 0.2) is 47.6 Å². The number of piperazine rings is 1. The quantitative estimate of drug-likeness (QED) is 0.654. The molecule has 6 nitrogen and oxygen atoms in total. The summed E-state index contributed by atoms with van der Waals surface area (Å²) in [7, 11) is -3.94. The van der Waals surface area contributed by atoms with E-state index in [-0.39, 0.29) is 18.0 Å². The molecule has 1 aromatic carbocycles. The molecule has 3 heterocycles. The van der Waals surface area contributed by atoms with Gasteiger partial charge in [-0.2, -0.15) is 4.31 Å². The minimum atomic E-state index is -3.94. The van der Waals surface area contributed by atoms with Crippen molar-refractivity contribution in [3.8, 4) is 0 Å². The molecule has 2 fully saturated rings. The summed E-state index contributed by atoms with van der Waals surface area (Å²) in [5.41, 5.74) is 3.02. The summed E-state index contributed by atoms with van der Waals surface area (Å²) in [5, 5.41) is 0. The zero-order chi connectivity index (χ0) is 20.2. The van der Waals surface area contributed by atoms with E-state index in [2.05, 4.69) is 16.1 Å². The Morgan fingerprint density at radius 2 is 1.62 bits per heavy atom. The monoisotopic (exact) mass is 418 g/mol. The summed E-state index contributed by atoms with van der Waals surface area (Å²) in [6.45, 7) is 1.48. The lowest BCUT2D eigenvalue weighted by molar-refractivity contribution is 0.384. The molecule has 0 atom stereocenters. The number of sulfonamides is 1. The number of rotatable bonds is 4. The number of imidazole rings is 1. The minimum absolute atomic E-state index is 0.246. The van der Waals surface area contributed by atoms with Crippen LogP contribution < -0.4 is 4.90 Å². The third-order valence-corrected chi connectivity index (χ3v) is 7.40. The average Bonchev–Trinajstić information content (AvgIpc) is 3.46. The molecule has 0 unspecified atom stereocenters. The zero-order valence-electron chi connectivity index (χ0n) is 15.6. The number of nitrogens with zero attached hydrogens (tertiary/aromatic N) is 4. The van der Waals surface area contributed by atoms with Gasteiger partial charge in [0.05, 0.1) is 16.3 Å². The van der Waals surface area contributed by atoms with E-state index in [9.17, 15) is 17.2 Å². The van der Waals surface area contributed by atoms with Crippen LogP contribution in [0.5, 0.6) is 0 Å². The lowest BCUT2D eigenvalue weighted by Crippen LogP contribution is -2.48. The molecule has 152 valence electrons. The van der Waals surface area contributed by atoms with Crippen LogP contribution in [-0.2, 0) is 10.0 Å². The molecule has 0 N–H and O–H groups in total. The largest absolute Gasteiger partial charge is 0.368 e. The highest BCUT2D eigenvalue weighted by Gasteiger charge is 2.30. The SMILES string of the molecule is O=S(=O)(c1cc(F)cc(F)c1)N1CCN(c2ccc3nc(C4CC4)cn3c2)CC1. The molecule has 0 bridgehead atoms. The first-order chi connectivity index (χ1) is 13.9. The third kappa shape index (κ3) is 3.49. The minimum Gasteiger partial charge on any atom is -0.368 e. The fraction of sp³-hybridized carbons (Fsp3) is 0.350. The number of aromatic nitrogens is 2. The van der Waals surface area contributed by atoms with Crippen molar-refractivity contribution in [3.05, 3.63) is 60.1 Å². The Hall–Kier alpha value is -2.52. The van der Waals surface area contributed by atoms with Gasteiger partial charge in [0.15, 0.2) is 0 Å². The summed E-state index contributed by atoms with van der Waals surface area (Å²) in [5.74, 6) is -1.22. The van der Waals surface area contributed by atoms with Crippen molar-refractivity contribution in [1.82, 2.24) is 13.7 Å². The molecular formula is C20H20F2N4O2S. The van der Waals surface area contributed by atoms with Gasteiger partial charge < -0.3 is 9.30 Å². The first-order valence-corrected chi connectivity index (χ1v) is 11.0. The van der Waals surface area contributed by atoms with Crippen LogP contribution in [0.4, 0.5) is 14.5 Å². The van der Waals surface area contributed by atoms with E-state index in [1.807, 2.05) is 22.7 Å². The topological polar surface area (TPSA) is 57.9 Å². The van der Waals surface area contributed by atoms with E-state index in [1.54, 1.807) is 0 Å². The molecule has 29 heavy (non-hydrogen) atoms. The van der Waals surface area contributed by atoms with Gasteiger partial charge in [0, 0.05) is 50.6 Å². The normalized spacial score (nSPS) is 18.5. The van der Waals surface area contributed by atoms with Crippen LogP contribution in [0, 0.1) is 11.6 Å². The summed E-state index contributed by atoms with van der Waals surface area (Å²) in [6.07, 6.45) is 6.47. The Labute approximate surface area is 167 Å². The highest BCUT2D eigenvalue weighted by molar-refractivity contribution is 7.89. The fourth-order valence-electron chi connectivity index (χ4n) is 3.78. The van der Waals surface area contributed by atoms with Gasteiger partial charge in [-0.15, -0.1) is 0 Å². The highest BCUT2D eigenvalue weighted by Crippen LogP contribution is 2.39. The first kappa shape index (κ1) is 18.5. The first-order valence-electron chi connectivity index (χ1n) is 9.60. The van der Waals surface area contributed by atoms with Crippen molar-refractivity contribution in [2.75, 3.05) is 31.1 Å². The summed E-state index contributed by atoms with van der Waals surface area (Å²) in [6, 6.07) is 6.34. The summed E-state index contributed by atoms with van der Waals surface area (Å²) >= 11 is 0. The third-order valence-electron chi connectivity index (χ3n) is 5.53. The zero-order valence-corrected chi connectivity index (χ0v) is 16.4. The smallest absolute Gasteiger partial charge is 0.243 e. The van der Waals surface area contributed by atoms with E-state index in [0.717, 1.165) is 29.2 Å². The van der Waals surface area contributed by atoms with E-state index < -0.39 is 21.7 Å². The Bertz CT molecular complexity index is 1160. The maximum absolute atomic E-state index is 13.5. The van der Waals surface area contributed by atoms with Gasteiger partial charge in [-0.05, 0) is 37.1 Å². The second-order valence-corrected chi connectivity index (χ2v) is 9.53. The predicted octanol–water partition coefficient (Wildman–Crippen LogP) is 3.00. The van der Waals surface area contributed by atoms with Gasteiger partial charge in [-0.1, -0.05) is 0 Å².